The Hall–Kier alpha value is -2.52. The number of thiophene rings is 1. The van der Waals surface area contributed by atoms with Crippen molar-refractivity contribution < 1.29 is 14.0 Å². The van der Waals surface area contributed by atoms with E-state index in [1.165, 1.54) is 41.6 Å². The predicted molar refractivity (Wildman–Crippen MR) is 108 cm³/mol. The van der Waals surface area contributed by atoms with E-state index in [-0.39, 0.29) is 17.8 Å². The number of fused-ring (bicyclic) bond motifs is 1. The maximum atomic E-state index is 13.3. The maximum Gasteiger partial charge on any atom is 0.321 e. The third-order valence-electron chi connectivity index (χ3n) is 4.30. The van der Waals surface area contributed by atoms with Gasteiger partial charge in [-0.25, -0.2) is 19.2 Å². The van der Waals surface area contributed by atoms with Gasteiger partial charge in [0, 0.05) is 17.0 Å². The highest BCUT2D eigenvalue weighted by atomic mass is 32.2. The first-order valence-electron chi connectivity index (χ1n) is 8.77. The number of aromatic nitrogens is 2. The van der Waals surface area contributed by atoms with E-state index >= 15 is 0 Å². The Bertz CT molecular complexity index is 1030. The van der Waals surface area contributed by atoms with E-state index in [4.69, 9.17) is 0 Å². The molecule has 1 aromatic carbocycles. The molecule has 2 N–H and O–H groups in total. The number of thioether (sulfide) groups is 1. The minimum absolute atomic E-state index is 0.182. The number of urea groups is 1. The highest BCUT2D eigenvalue weighted by Gasteiger charge is 2.26. The van der Waals surface area contributed by atoms with E-state index in [0.29, 0.717) is 5.03 Å². The second-order valence-electron chi connectivity index (χ2n) is 6.51. The summed E-state index contributed by atoms with van der Waals surface area (Å²) in [5, 5.41) is 8.00. The van der Waals surface area contributed by atoms with Crippen molar-refractivity contribution in [3.63, 3.8) is 0 Å². The smallest absolute Gasteiger partial charge is 0.321 e. The van der Waals surface area contributed by atoms with E-state index in [2.05, 4.69) is 20.6 Å². The molecule has 3 aromatic rings. The monoisotopic (exact) mass is 416 g/mol. The summed E-state index contributed by atoms with van der Waals surface area (Å²) in [6.45, 7) is 1.72. The molecule has 1 saturated carbocycles. The average molecular weight is 417 g/mol. The van der Waals surface area contributed by atoms with Gasteiger partial charge in [0.2, 0.25) is 5.91 Å². The molecule has 144 valence electrons. The Labute approximate surface area is 169 Å². The van der Waals surface area contributed by atoms with Gasteiger partial charge in [-0.1, -0.05) is 23.9 Å². The summed E-state index contributed by atoms with van der Waals surface area (Å²) >= 11 is 2.73. The van der Waals surface area contributed by atoms with Crippen LogP contribution in [-0.4, -0.2) is 33.2 Å². The zero-order valence-corrected chi connectivity index (χ0v) is 16.6. The summed E-state index contributed by atoms with van der Waals surface area (Å²) in [6.07, 6.45) is 3.37. The van der Waals surface area contributed by atoms with Crippen LogP contribution in [0.2, 0.25) is 0 Å². The Morgan fingerprint density at radius 3 is 2.71 bits per heavy atom. The van der Waals surface area contributed by atoms with Gasteiger partial charge in [-0.3, -0.25) is 10.1 Å². The number of carbonyl (C=O) groups excluding carboxylic acids is 2. The lowest BCUT2D eigenvalue weighted by Gasteiger charge is -2.12. The van der Waals surface area contributed by atoms with Gasteiger partial charge in [0.05, 0.1) is 10.6 Å². The molecule has 9 heteroatoms. The number of hydrogen-bond acceptors (Lipinski definition) is 6. The van der Waals surface area contributed by atoms with Crippen LogP contribution in [0.1, 0.15) is 19.8 Å². The Balaban J connectivity index is 1.56. The van der Waals surface area contributed by atoms with Crippen molar-refractivity contribution in [3.05, 3.63) is 41.8 Å². The molecule has 6 nitrogen and oxygen atoms in total. The molecule has 0 aliphatic heterocycles. The van der Waals surface area contributed by atoms with Crippen molar-refractivity contribution in [1.82, 2.24) is 20.6 Å². The number of hydrogen-bond donors (Lipinski definition) is 2. The van der Waals surface area contributed by atoms with Gasteiger partial charge in [-0.2, -0.15) is 0 Å². The molecule has 1 unspecified atom stereocenters. The van der Waals surface area contributed by atoms with Crippen LogP contribution in [0, 0.1) is 5.82 Å². The van der Waals surface area contributed by atoms with Crippen molar-refractivity contribution in [2.24, 2.45) is 0 Å². The lowest BCUT2D eigenvalue weighted by Crippen LogP contribution is -2.43. The minimum atomic E-state index is -0.524. The molecular formula is C19H17FN4O2S2. The van der Waals surface area contributed by atoms with Gasteiger partial charge in [0.25, 0.3) is 0 Å². The van der Waals surface area contributed by atoms with Crippen molar-refractivity contribution in [2.75, 3.05) is 0 Å². The van der Waals surface area contributed by atoms with Crippen LogP contribution in [0.15, 0.2) is 41.0 Å². The largest absolute Gasteiger partial charge is 0.335 e. The van der Waals surface area contributed by atoms with Gasteiger partial charge >= 0.3 is 6.03 Å². The first kappa shape index (κ1) is 18.8. The van der Waals surface area contributed by atoms with Gasteiger partial charge < -0.3 is 5.32 Å². The summed E-state index contributed by atoms with van der Waals surface area (Å²) in [4.78, 5) is 33.6. The fourth-order valence-corrected chi connectivity index (χ4v) is 4.58. The second kappa shape index (κ2) is 7.84. The number of benzene rings is 1. The number of nitrogens with zero attached hydrogens (tertiary/aromatic N) is 2. The van der Waals surface area contributed by atoms with Crippen LogP contribution < -0.4 is 10.6 Å². The van der Waals surface area contributed by atoms with Crippen molar-refractivity contribution >= 4 is 45.3 Å². The Kier molecular flexibility index (Phi) is 5.27. The number of amides is 3. The summed E-state index contributed by atoms with van der Waals surface area (Å²) < 4.78 is 13.3. The number of rotatable bonds is 5. The fraction of sp³-hybridized carbons (Fsp3) is 0.263. The first-order chi connectivity index (χ1) is 13.5. The number of nitrogens with one attached hydrogen (secondary N) is 2. The molecule has 1 aliphatic carbocycles. The van der Waals surface area contributed by atoms with E-state index in [0.717, 1.165) is 34.2 Å². The third-order valence-corrected chi connectivity index (χ3v) is 6.28. The summed E-state index contributed by atoms with van der Waals surface area (Å²) in [7, 11) is 0. The number of carbonyl (C=O) groups is 2. The lowest BCUT2D eigenvalue weighted by molar-refractivity contribution is -0.119. The standard InChI is InChI=1S/C19H17FN4O2S2/c1-10(16(25)24-19(26)23-13-6-7-13)28-18-15-14(8-27-17(15)21-9-22-18)11-2-4-12(20)5-3-11/h2-5,8-10,13H,6-7H2,1H3,(H2,23,24,25,26). The summed E-state index contributed by atoms with van der Waals surface area (Å²) in [5.74, 6) is -0.683. The zero-order chi connectivity index (χ0) is 19.7. The first-order valence-corrected chi connectivity index (χ1v) is 10.5. The van der Waals surface area contributed by atoms with E-state index in [1.54, 1.807) is 19.1 Å². The summed E-state index contributed by atoms with van der Waals surface area (Å²) in [6, 6.07) is 5.94. The second-order valence-corrected chi connectivity index (χ2v) is 8.70. The van der Waals surface area contributed by atoms with Crippen LogP contribution in [0.3, 0.4) is 0 Å². The van der Waals surface area contributed by atoms with Crippen molar-refractivity contribution in [2.45, 2.75) is 36.1 Å². The van der Waals surface area contributed by atoms with Gasteiger partial charge in [-0.15, -0.1) is 11.3 Å². The Morgan fingerprint density at radius 2 is 2.00 bits per heavy atom. The molecule has 3 amide bonds. The topological polar surface area (TPSA) is 84.0 Å². The Morgan fingerprint density at radius 1 is 1.25 bits per heavy atom. The average Bonchev–Trinajstić information content (AvgIpc) is 3.37. The van der Waals surface area contributed by atoms with Crippen LogP contribution in [-0.2, 0) is 4.79 Å². The molecule has 0 bridgehead atoms. The number of imide groups is 1. The summed E-state index contributed by atoms with van der Waals surface area (Å²) in [5.41, 5.74) is 1.74. The van der Waals surface area contributed by atoms with E-state index in [9.17, 15) is 14.0 Å². The zero-order valence-electron chi connectivity index (χ0n) is 14.9. The van der Waals surface area contributed by atoms with Crippen LogP contribution >= 0.6 is 23.1 Å². The van der Waals surface area contributed by atoms with Gasteiger partial charge in [-0.05, 0) is 37.5 Å². The molecule has 2 aromatic heterocycles. The fourth-order valence-electron chi connectivity index (χ4n) is 2.66. The van der Waals surface area contributed by atoms with Crippen molar-refractivity contribution in [1.29, 1.82) is 0 Å². The molecule has 28 heavy (non-hydrogen) atoms. The molecule has 1 fully saturated rings. The molecule has 1 aliphatic rings. The van der Waals surface area contributed by atoms with Crippen LogP contribution in [0.5, 0.6) is 0 Å². The quantitative estimate of drug-likeness (QED) is 0.486. The van der Waals surface area contributed by atoms with Gasteiger partial charge in [0.1, 0.15) is 22.0 Å². The highest BCUT2D eigenvalue weighted by molar-refractivity contribution is 8.00. The molecule has 1 atom stereocenters. The maximum absolute atomic E-state index is 13.3. The molecule has 0 saturated heterocycles. The predicted octanol–water partition coefficient (Wildman–Crippen LogP) is 3.97. The molecule has 2 heterocycles. The van der Waals surface area contributed by atoms with Crippen LogP contribution in [0.25, 0.3) is 21.3 Å². The third kappa shape index (κ3) is 4.15. The van der Waals surface area contributed by atoms with Crippen molar-refractivity contribution in [3.8, 4) is 11.1 Å². The molecule has 0 spiro atoms. The number of halogens is 1. The van der Waals surface area contributed by atoms with E-state index < -0.39 is 11.3 Å². The minimum Gasteiger partial charge on any atom is -0.335 e. The van der Waals surface area contributed by atoms with Crippen LogP contribution in [0.4, 0.5) is 9.18 Å². The lowest BCUT2D eigenvalue weighted by atomic mass is 10.1. The molecular weight excluding hydrogens is 399 g/mol. The highest BCUT2D eigenvalue weighted by Crippen LogP contribution is 2.39. The SMILES string of the molecule is CC(Sc1ncnc2scc(-c3ccc(F)cc3)c12)C(=O)NC(=O)NC1CC1. The molecule has 0 radical (unpaired) electrons. The normalized spacial score (nSPS) is 14.6. The van der Waals surface area contributed by atoms with E-state index in [1.807, 2.05) is 5.38 Å². The molecule has 4 rings (SSSR count). The van der Waals surface area contributed by atoms with Gasteiger partial charge in [0.15, 0.2) is 0 Å².